The molecule has 0 aromatic carbocycles. The summed E-state index contributed by atoms with van der Waals surface area (Å²) in [5, 5.41) is 3.68. The molecule has 1 aromatic heterocycles. The normalized spacial score (nSPS) is 9.83. The first-order chi connectivity index (χ1) is 5.84. The van der Waals surface area contributed by atoms with Crippen LogP contribution in [0.3, 0.4) is 0 Å². The van der Waals surface area contributed by atoms with Crippen LogP contribution in [0, 0.1) is 0 Å². The molecule has 0 spiro atoms. The Kier molecular flexibility index (Phi) is 4.18. The molecule has 0 saturated carbocycles. The maximum absolute atomic E-state index is 5.81. The number of nitrogens with one attached hydrogen (secondary N) is 1. The molecule has 66 valence electrons. The van der Waals surface area contributed by atoms with Crippen LogP contribution in [0.4, 0.5) is 5.82 Å². The summed E-state index contributed by atoms with van der Waals surface area (Å²) in [6.45, 7) is 0.873. The minimum absolute atomic E-state index is 0.568. The highest BCUT2D eigenvalue weighted by Crippen LogP contribution is 2.15. The topological polar surface area (TPSA) is 37.8 Å². The first kappa shape index (κ1) is 9.61. The van der Waals surface area contributed by atoms with Crippen LogP contribution in [0.1, 0.15) is 0 Å². The third kappa shape index (κ3) is 2.87. The van der Waals surface area contributed by atoms with E-state index in [1.54, 1.807) is 18.0 Å². The standard InChI is InChI=1S/C7H10ClN3S/c1-12-3-2-10-7-6(8)4-9-5-11-7/h4-5H,2-3H2,1H3,(H,9,10,11). The van der Waals surface area contributed by atoms with Crippen LogP contribution in [-0.4, -0.2) is 28.5 Å². The van der Waals surface area contributed by atoms with E-state index in [0.717, 1.165) is 12.3 Å². The maximum Gasteiger partial charge on any atom is 0.148 e. The Hall–Kier alpha value is -0.480. The Bertz CT molecular complexity index is 244. The summed E-state index contributed by atoms with van der Waals surface area (Å²) >= 11 is 7.59. The average Bonchev–Trinajstić information content (AvgIpc) is 2.09. The van der Waals surface area contributed by atoms with Crippen molar-refractivity contribution >= 4 is 29.2 Å². The van der Waals surface area contributed by atoms with E-state index in [2.05, 4.69) is 21.5 Å². The molecule has 5 heteroatoms. The van der Waals surface area contributed by atoms with E-state index in [1.165, 1.54) is 6.33 Å². The van der Waals surface area contributed by atoms with Crippen LogP contribution < -0.4 is 5.32 Å². The predicted octanol–water partition coefficient (Wildman–Crippen LogP) is 1.90. The third-order valence-corrected chi connectivity index (χ3v) is 2.16. The molecule has 0 saturated heterocycles. The van der Waals surface area contributed by atoms with Gasteiger partial charge in [-0.05, 0) is 6.26 Å². The molecule has 0 aliphatic heterocycles. The van der Waals surface area contributed by atoms with Gasteiger partial charge in [-0.3, -0.25) is 0 Å². The summed E-state index contributed by atoms with van der Waals surface area (Å²) in [7, 11) is 0. The zero-order chi connectivity index (χ0) is 8.81. The van der Waals surface area contributed by atoms with Gasteiger partial charge in [-0.15, -0.1) is 0 Å². The highest BCUT2D eigenvalue weighted by atomic mass is 35.5. The predicted molar refractivity (Wildman–Crippen MR) is 53.9 cm³/mol. The molecule has 0 aliphatic carbocycles. The second-order valence-electron chi connectivity index (χ2n) is 2.14. The Labute approximate surface area is 80.9 Å². The lowest BCUT2D eigenvalue weighted by Crippen LogP contribution is -2.05. The number of rotatable bonds is 4. The van der Waals surface area contributed by atoms with Crippen molar-refractivity contribution in [3.8, 4) is 0 Å². The largest absolute Gasteiger partial charge is 0.368 e. The van der Waals surface area contributed by atoms with Crippen molar-refractivity contribution in [2.45, 2.75) is 0 Å². The lowest BCUT2D eigenvalue weighted by molar-refractivity contribution is 1.12. The molecule has 0 amide bonds. The van der Waals surface area contributed by atoms with Crippen molar-refractivity contribution in [3.05, 3.63) is 17.5 Å². The number of nitrogens with zero attached hydrogens (tertiary/aromatic N) is 2. The van der Waals surface area contributed by atoms with Gasteiger partial charge in [0.05, 0.1) is 6.20 Å². The van der Waals surface area contributed by atoms with E-state index in [0.29, 0.717) is 10.8 Å². The minimum atomic E-state index is 0.568. The summed E-state index contributed by atoms with van der Waals surface area (Å²) in [4.78, 5) is 7.77. The van der Waals surface area contributed by atoms with E-state index in [4.69, 9.17) is 11.6 Å². The summed E-state index contributed by atoms with van der Waals surface area (Å²) in [5.41, 5.74) is 0. The summed E-state index contributed by atoms with van der Waals surface area (Å²) in [5.74, 6) is 1.75. The van der Waals surface area contributed by atoms with Gasteiger partial charge in [0, 0.05) is 12.3 Å². The molecule has 0 fully saturated rings. The molecule has 0 aliphatic rings. The highest BCUT2D eigenvalue weighted by molar-refractivity contribution is 7.98. The van der Waals surface area contributed by atoms with E-state index in [-0.39, 0.29) is 0 Å². The second-order valence-corrected chi connectivity index (χ2v) is 3.53. The van der Waals surface area contributed by atoms with Crippen LogP contribution in [0.15, 0.2) is 12.5 Å². The van der Waals surface area contributed by atoms with Gasteiger partial charge in [-0.1, -0.05) is 11.6 Å². The zero-order valence-corrected chi connectivity index (χ0v) is 8.32. The lowest BCUT2D eigenvalue weighted by atomic mass is 10.5. The quantitative estimate of drug-likeness (QED) is 0.759. The Morgan fingerprint density at radius 2 is 2.50 bits per heavy atom. The number of halogens is 1. The van der Waals surface area contributed by atoms with E-state index < -0.39 is 0 Å². The summed E-state index contributed by atoms with van der Waals surface area (Å²) < 4.78 is 0. The van der Waals surface area contributed by atoms with Crippen LogP contribution >= 0.6 is 23.4 Å². The molecule has 1 rings (SSSR count). The number of aromatic nitrogens is 2. The maximum atomic E-state index is 5.81. The van der Waals surface area contributed by atoms with E-state index >= 15 is 0 Å². The molecule has 0 unspecified atom stereocenters. The van der Waals surface area contributed by atoms with Crippen LogP contribution in [0.5, 0.6) is 0 Å². The Balaban J connectivity index is 2.46. The molecular formula is C7H10ClN3S. The average molecular weight is 204 g/mol. The van der Waals surface area contributed by atoms with Gasteiger partial charge in [-0.2, -0.15) is 11.8 Å². The summed E-state index contributed by atoms with van der Waals surface area (Å²) in [6, 6.07) is 0. The molecule has 0 atom stereocenters. The molecule has 12 heavy (non-hydrogen) atoms. The van der Waals surface area contributed by atoms with Crippen molar-refractivity contribution < 1.29 is 0 Å². The van der Waals surface area contributed by atoms with Crippen LogP contribution in [-0.2, 0) is 0 Å². The van der Waals surface area contributed by atoms with Gasteiger partial charge in [0.15, 0.2) is 0 Å². The zero-order valence-electron chi connectivity index (χ0n) is 6.75. The van der Waals surface area contributed by atoms with Crippen molar-refractivity contribution in [1.82, 2.24) is 9.97 Å². The van der Waals surface area contributed by atoms with E-state index in [1.807, 2.05) is 0 Å². The number of anilines is 1. The van der Waals surface area contributed by atoms with Crippen LogP contribution in [0.2, 0.25) is 5.02 Å². The molecule has 1 N–H and O–H groups in total. The summed E-state index contributed by atoms with van der Waals surface area (Å²) in [6.07, 6.45) is 5.12. The van der Waals surface area contributed by atoms with Crippen molar-refractivity contribution in [2.75, 3.05) is 23.9 Å². The molecular weight excluding hydrogens is 194 g/mol. The molecule has 1 heterocycles. The second kappa shape index (κ2) is 5.22. The molecule has 0 radical (unpaired) electrons. The van der Waals surface area contributed by atoms with Crippen molar-refractivity contribution in [1.29, 1.82) is 0 Å². The molecule has 0 bridgehead atoms. The van der Waals surface area contributed by atoms with E-state index in [9.17, 15) is 0 Å². The van der Waals surface area contributed by atoms with Gasteiger partial charge in [0.25, 0.3) is 0 Å². The fourth-order valence-electron chi connectivity index (χ4n) is 0.714. The molecule has 3 nitrogen and oxygen atoms in total. The fourth-order valence-corrected chi connectivity index (χ4v) is 1.19. The van der Waals surface area contributed by atoms with Gasteiger partial charge in [-0.25, -0.2) is 9.97 Å². The first-order valence-corrected chi connectivity index (χ1v) is 5.30. The number of thioether (sulfide) groups is 1. The smallest absolute Gasteiger partial charge is 0.148 e. The van der Waals surface area contributed by atoms with Gasteiger partial charge >= 0.3 is 0 Å². The number of hydrogen-bond acceptors (Lipinski definition) is 4. The molecule has 1 aromatic rings. The Morgan fingerprint density at radius 1 is 1.67 bits per heavy atom. The SMILES string of the molecule is CSCCNc1ncncc1Cl. The van der Waals surface area contributed by atoms with Gasteiger partial charge in [0.2, 0.25) is 0 Å². The monoisotopic (exact) mass is 203 g/mol. The first-order valence-electron chi connectivity index (χ1n) is 3.53. The number of hydrogen-bond donors (Lipinski definition) is 1. The van der Waals surface area contributed by atoms with Crippen molar-refractivity contribution in [2.24, 2.45) is 0 Å². The van der Waals surface area contributed by atoms with Gasteiger partial charge < -0.3 is 5.32 Å². The fraction of sp³-hybridized carbons (Fsp3) is 0.429. The van der Waals surface area contributed by atoms with Crippen molar-refractivity contribution in [3.63, 3.8) is 0 Å². The minimum Gasteiger partial charge on any atom is -0.368 e. The third-order valence-electron chi connectivity index (χ3n) is 1.27. The van der Waals surface area contributed by atoms with Gasteiger partial charge in [0.1, 0.15) is 17.2 Å². The Morgan fingerprint density at radius 3 is 3.17 bits per heavy atom. The highest BCUT2D eigenvalue weighted by Gasteiger charge is 1.98. The lowest BCUT2D eigenvalue weighted by Gasteiger charge is -2.04. The van der Waals surface area contributed by atoms with Crippen LogP contribution in [0.25, 0.3) is 0 Å².